The van der Waals surface area contributed by atoms with Crippen LogP contribution in [-0.2, 0) is 0 Å². The van der Waals surface area contributed by atoms with Crippen LogP contribution in [0.5, 0.6) is 0 Å². The smallest absolute Gasteiger partial charge is 0.322 e. The maximum absolute atomic E-state index is 13.0. The third-order valence-electron chi connectivity index (χ3n) is 7.29. The minimum Gasteiger partial charge on any atom is -0.352 e. The number of fused-ring (bicyclic) bond motifs is 1. The van der Waals surface area contributed by atoms with Crippen molar-refractivity contribution in [1.29, 1.82) is 0 Å². The number of hydrogen-bond acceptors (Lipinski definition) is 6. The Kier molecular flexibility index (Phi) is 4.56. The van der Waals surface area contributed by atoms with Crippen molar-refractivity contribution < 1.29 is 4.79 Å². The molecule has 3 aliphatic rings. The molecule has 168 valence electrons. The summed E-state index contributed by atoms with van der Waals surface area (Å²) in [4.78, 5) is 24.4. The van der Waals surface area contributed by atoms with Gasteiger partial charge in [-0.2, -0.15) is 10.2 Å². The van der Waals surface area contributed by atoms with Crippen LogP contribution < -0.4 is 10.2 Å². The molecular formula is C22H29N9O. The van der Waals surface area contributed by atoms with Crippen LogP contribution >= 0.6 is 0 Å². The number of rotatable bonds is 3. The van der Waals surface area contributed by atoms with Gasteiger partial charge in [-0.15, -0.1) is 0 Å². The van der Waals surface area contributed by atoms with Crippen LogP contribution in [0.4, 0.5) is 16.3 Å². The maximum atomic E-state index is 13.0. The third-order valence-corrected chi connectivity index (χ3v) is 7.29. The normalized spacial score (nSPS) is 20.8. The zero-order chi connectivity index (χ0) is 21.7. The Morgan fingerprint density at radius 3 is 2.72 bits per heavy atom. The number of urea groups is 1. The van der Waals surface area contributed by atoms with Gasteiger partial charge in [0.05, 0.1) is 28.5 Å². The van der Waals surface area contributed by atoms with Gasteiger partial charge in [-0.1, -0.05) is 0 Å². The number of piperidine rings is 1. The van der Waals surface area contributed by atoms with Crippen molar-refractivity contribution >= 4 is 28.4 Å². The van der Waals surface area contributed by atoms with Crippen molar-refractivity contribution in [3.8, 4) is 11.4 Å². The number of nitrogens with zero attached hydrogens (tertiary/aromatic N) is 6. The van der Waals surface area contributed by atoms with Gasteiger partial charge in [0.15, 0.2) is 5.82 Å². The number of hydrogen-bond donors (Lipinski definition) is 3. The van der Waals surface area contributed by atoms with Gasteiger partial charge in [-0.3, -0.25) is 15.2 Å². The zero-order valence-electron chi connectivity index (χ0n) is 18.4. The second-order valence-electron chi connectivity index (χ2n) is 9.37. The Balaban J connectivity index is 1.24. The molecular weight excluding hydrogens is 406 g/mol. The molecule has 5 heterocycles. The summed E-state index contributed by atoms with van der Waals surface area (Å²) in [5, 5.41) is 19.0. The first-order valence-corrected chi connectivity index (χ1v) is 11.5. The van der Waals surface area contributed by atoms with Gasteiger partial charge >= 0.3 is 6.03 Å². The van der Waals surface area contributed by atoms with E-state index in [-0.39, 0.29) is 11.6 Å². The van der Waals surface area contributed by atoms with Crippen molar-refractivity contribution in [2.75, 3.05) is 50.0 Å². The summed E-state index contributed by atoms with van der Waals surface area (Å²) >= 11 is 0. The second kappa shape index (κ2) is 7.47. The topological polar surface area (TPSA) is 109 Å². The molecule has 1 saturated carbocycles. The molecule has 3 aromatic rings. The van der Waals surface area contributed by atoms with E-state index in [4.69, 9.17) is 0 Å². The average molecular weight is 436 g/mol. The van der Waals surface area contributed by atoms with Crippen molar-refractivity contribution in [2.45, 2.75) is 37.6 Å². The van der Waals surface area contributed by atoms with Gasteiger partial charge in [-0.25, -0.2) is 4.79 Å². The fraction of sp³-hybridized carbons (Fsp3) is 0.545. The van der Waals surface area contributed by atoms with E-state index in [2.05, 4.69) is 47.5 Å². The van der Waals surface area contributed by atoms with Crippen LogP contribution in [0.3, 0.4) is 0 Å². The minimum atomic E-state index is -0.0372. The van der Waals surface area contributed by atoms with Crippen molar-refractivity contribution in [1.82, 2.24) is 35.2 Å². The number of nitrogens with one attached hydrogen (secondary N) is 3. The highest BCUT2D eigenvalue weighted by Gasteiger charge is 2.51. The van der Waals surface area contributed by atoms with Crippen LogP contribution in [0.1, 0.15) is 32.1 Å². The minimum absolute atomic E-state index is 0.0372. The summed E-state index contributed by atoms with van der Waals surface area (Å²) < 4.78 is 0. The summed E-state index contributed by atoms with van der Waals surface area (Å²) in [5.41, 5.74) is 3.10. The molecule has 3 N–H and O–H groups in total. The molecule has 10 heteroatoms. The first-order valence-electron chi connectivity index (χ1n) is 11.5. The Morgan fingerprint density at radius 2 is 1.91 bits per heavy atom. The number of amides is 2. The van der Waals surface area contributed by atoms with E-state index >= 15 is 0 Å². The molecule has 0 unspecified atom stereocenters. The van der Waals surface area contributed by atoms with E-state index in [0.717, 1.165) is 80.8 Å². The van der Waals surface area contributed by atoms with Crippen LogP contribution in [0, 0.1) is 0 Å². The number of aromatic amines is 2. The molecule has 32 heavy (non-hydrogen) atoms. The molecule has 1 spiro atoms. The van der Waals surface area contributed by atoms with Gasteiger partial charge in [0.1, 0.15) is 5.69 Å². The molecule has 10 nitrogen and oxygen atoms in total. The monoisotopic (exact) mass is 435 g/mol. The molecule has 2 amide bonds. The number of piperazine rings is 1. The number of anilines is 2. The molecule has 0 aromatic carbocycles. The Morgan fingerprint density at radius 1 is 1.06 bits per heavy atom. The molecule has 2 saturated heterocycles. The van der Waals surface area contributed by atoms with Crippen LogP contribution in [0.25, 0.3) is 22.3 Å². The summed E-state index contributed by atoms with van der Waals surface area (Å²) in [6.45, 7) is 4.77. The highest BCUT2D eigenvalue weighted by molar-refractivity contribution is 5.96. The molecule has 2 aliphatic heterocycles. The Hall–Kier alpha value is -3.14. The summed E-state index contributed by atoms with van der Waals surface area (Å²) in [5.74, 6) is 0.949. The first kappa shape index (κ1) is 19.5. The average Bonchev–Trinajstić information content (AvgIpc) is 3.22. The predicted octanol–water partition coefficient (Wildman–Crippen LogP) is 2.65. The maximum Gasteiger partial charge on any atom is 0.322 e. The van der Waals surface area contributed by atoms with E-state index in [1.54, 1.807) is 6.20 Å². The molecule has 0 bridgehead atoms. The lowest BCUT2D eigenvalue weighted by molar-refractivity contribution is 0.151. The van der Waals surface area contributed by atoms with Crippen molar-refractivity contribution in [2.24, 2.45) is 0 Å². The number of carbonyl (C=O) groups is 1. The lowest BCUT2D eigenvalue weighted by Gasteiger charge is -2.36. The lowest BCUT2D eigenvalue weighted by Crippen LogP contribution is -2.47. The van der Waals surface area contributed by atoms with Gasteiger partial charge in [0, 0.05) is 44.5 Å². The van der Waals surface area contributed by atoms with E-state index in [1.807, 2.05) is 17.2 Å². The summed E-state index contributed by atoms with van der Waals surface area (Å²) in [6.07, 6.45) is 9.15. The zero-order valence-corrected chi connectivity index (χ0v) is 18.4. The quantitative estimate of drug-likeness (QED) is 0.584. The lowest BCUT2D eigenvalue weighted by atomic mass is 10.0. The molecule has 6 rings (SSSR count). The van der Waals surface area contributed by atoms with Gasteiger partial charge in [-0.05, 0) is 45.2 Å². The number of likely N-dealkylation sites (N-methyl/N-ethyl adjacent to an activating group) is 1. The van der Waals surface area contributed by atoms with Gasteiger partial charge in [0.25, 0.3) is 0 Å². The number of pyridine rings is 1. The van der Waals surface area contributed by atoms with Crippen LogP contribution in [0.2, 0.25) is 0 Å². The molecule has 1 aliphatic carbocycles. The third kappa shape index (κ3) is 3.29. The van der Waals surface area contributed by atoms with Crippen molar-refractivity contribution in [3.63, 3.8) is 0 Å². The highest BCUT2D eigenvalue weighted by Crippen LogP contribution is 2.48. The van der Waals surface area contributed by atoms with Crippen LogP contribution in [-0.4, -0.2) is 86.5 Å². The van der Waals surface area contributed by atoms with Crippen LogP contribution in [0.15, 0.2) is 18.5 Å². The molecule has 0 atom stereocenters. The predicted molar refractivity (Wildman–Crippen MR) is 123 cm³/mol. The number of aromatic nitrogens is 5. The van der Waals surface area contributed by atoms with E-state index < -0.39 is 0 Å². The Labute approximate surface area is 186 Å². The number of H-pyrrole nitrogens is 2. The van der Waals surface area contributed by atoms with E-state index in [9.17, 15) is 4.79 Å². The highest BCUT2D eigenvalue weighted by atomic mass is 16.2. The van der Waals surface area contributed by atoms with Gasteiger partial charge < -0.3 is 20.0 Å². The fourth-order valence-electron chi connectivity index (χ4n) is 5.13. The largest absolute Gasteiger partial charge is 0.352 e. The van der Waals surface area contributed by atoms with Crippen molar-refractivity contribution in [3.05, 3.63) is 18.5 Å². The SMILES string of the molecule is CN1CCN(c2n[nH]c3cc(-c4[nH]ncc4NC(=O)N4CCCCC45CC5)ncc23)CC1. The van der Waals surface area contributed by atoms with E-state index in [1.165, 1.54) is 6.42 Å². The standard InChI is InChI=1S/C22H29N9O/c1-29-8-10-30(11-9-29)20-15-13-23-17(12-16(15)26-28-20)19-18(14-24-27-19)25-21(32)31-7-3-2-4-22(31)5-6-22/h12-14H,2-11H2,1H3,(H,24,27)(H,25,32)(H,26,28). The number of likely N-dealkylation sites (tertiary alicyclic amines) is 1. The summed E-state index contributed by atoms with van der Waals surface area (Å²) in [7, 11) is 2.14. The Bertz CT molecular complexity index is 1140. The first-order chi connectivity index (χ1) is 15.6. The molecule has 0 radical (unpaired) electrons. The van der Waals surface area contributed by atoms with E-state index in [0.29, 0.717) is 11.4 Å². The summed E-state index contributed by atoms with van der Waals surface area (Å²) in [6, 6.07) is 1.93. The van der Waals surface area contributed by atoms with Gasteiger partial charge in [0.2, 0.25) is 0 Å². The molecule has 3 aromatic heterocycles. The molecule has 3 fully saturated rings. The second-order valence-corrected chi connectivity index (χ2v) is 9.37. The fourth-order valence-corrected chi connectivity index (χ4v) is 5.13. The number of carbonyl (C=O) groups excluding carboxylic acids is 1.